The van der Waals surface area contributed by atoms with E-state index in [-0.39, 0.29) is 11.7 Å². The molecule has 0 spiro atoms. The molecule has 2 heterocycles. The minimum atomic E-state index is -0.907. The summed E-state index contributed by atoms with van der Waals surface area (Å²) in [6.07, 6.45) is 3.69. The van der Waals surface area contributed by atoms with Gasteiger partial charge in [0.1, 0.15) is 11.4 Å². The average Bonchev–Trinajstić information content (AvgIpc) is 3.40. The van der Waals surface area contributed by atoms with Crippen molar-refractivity contribution in [3.8, 4) is 0 Å². The van der Waals surface area contributed by atoms with Crippen molar-refractivity contribution >= 4 is 22.4 Å². The molecule has 5 nitrogen and oxygen atoms in total. The zero-order valence-electron chi connectivity index (χ0n) is 14.5. The molecule has 138 valence electrons. The van der Waals surface area contributed by atoms with Crippen LogP contribution in [0.4, 0.5) is 9.52 Å². The van der Waals surface area contributed by atoms with Gasteiger partial charge >= 0.3 is 0 Å². The van der Waals surface area contributed by atoms with Crippen LogP contribution in [0.1, 0.15) is 47.7 Å². The Bertz CT molecular complexity index is 813. The van der Waals surface area contributed by atoms with Gasteiger partial charge in [-0.05, 0) is 37.3 Å². The summed E-state index contributed by atoms with van der Waals surface area (Å²) in [6, 6.07) is 6.79. The van der Waals surface area contributed by atoms with Crippen LogP contribution in [0.3, 0.4) is 0 Å². The average molecular weight is 375 g/mol. The SMILES string of the molecule is NC1(C(=O)Nc2nc(C3CC3)c(Cc3ccccc3F)s2)CCOCC1. The summed E-state index contributed by atoms with van der Waals surface area (Å²) in [4.78, 5) is 18.3. The number of carbonyl (C=O) groups is 1. The van der Waals surface area contributed by atoms with Crippen molar-refractivity contribution in [1.82, 2.24) is 4.98 Å². The van der Waals surface area contributed by atoms with Crippen LogP contribution in [0.5, 0.6) is 0 Å². The topological polar surface area (TPSA) is 77.2 Å². The molecule has 1 aromatic heterocycles. The minimum absolute atomic E-state index is 0.212. The molecule has 1 amide bonds. The summed E-state index contributed by atoms with van der Waals surface area (Å²) < 4.78 is 19.3. The van der Waals surface area contributed by atoms with E-state index >= 15 is 0 Å². The molecule has 0 bridgehead atoms. The largest absolute Gasteiger partial charge is 0.381 e. The van der Waals surface area contributed by atoms with E-state index in [9.17, 15) is 9.18 Å². The van der Waals surface area contributed by atoms with Gasteiger partial charge < -0.3 is 15.8 Å². The molecule has 4 rings (SSSR count). The maximum absolute atomic E-state index is 14.0. The van der Waals surface area contributed by atoms with E-state index < -0.39 is 5.54 Å². The van der Waals surface area contributed by atoms with Gasteiger partial charge in [-0.3, -0.25) is 4.79 Å². The number of amides is 1. The summed E-state index contributed by atoms with van der Waals surface area (Å²) in [6.45, 7) is 0.987. The third kappa shape index (κ3) is 3.65. The Hall–Kier alpha value is -1.83. The number of hydrogen-bond donors (Lipinski definition) is 2. The predicted octanol–water partition coefficient (Wildman–Crippen LogP) is 3.20. The number of hydrogen-bond acceptors (Lipinski definition) is 5. The van der Waals surface area contributed by atoms with Crippen LogP contribution in [-0.4, -0.2) is 29.6 Å². The Balaban J connectivity index is 1.54. The Morgan fingerprint density at radius 1 is 1.35 bits per heavy atom. The van der Waals surface area contributed by atoms with Crippen LogP contribution in [0, 0.1) is 5.82 Å². The number of nitrogens with one attached hydrogen (secondary N) is 1. The molecule has 3 N–H and O–H groups in total. The lowest BCUT2D eigenvalue weighted by atomic mass is 9.90. The Kier molecular flexibility index (Phi) is 4.77. The molecule has 26 heavy (non-hydrogen) atoms. The van der Waals surface area contributed by atoms with Crippen molar-refractivity contribution in [2.24, 2.45) is 5.73 Å². The lowest BCUT2D eigenvalue weighted by molar-refractivity contribution is -0.124. The third-order valence-electron chi connectivity index (χ3n) is 5.06. The fourth-order valence-corrected chi connectivity index (χ4v) is 4.28. The fraction of sp³-hybridized carbons (Fsp3) is 0.474. The van der Waals surface area contributed by atoms with Crippen LogP contribution >= 0.6 is 11.3 Å². The van der Waals surface area contributed by atoms with Crippen molar-refractivity contribution in [3.05, 3.63) is 46.2 Å². The van der Waals surface area contributed by atoms with E-state index in [2.05, 4.69) is 10.3 Å². The van der Waals surface area contributed by atoms with Crippen LogP contribution in [0.2, 0.25) is 0 Å². The first-order valence-corrected chi connectivity index (χ1v) is 9.78. The van der Waals surface area contributed by atoms with E-state index in [4.69, 9.17) is 10.5 Å². The van der Waals surface area contributed by atoms with Gasteiger partial charge in [-0.2, -0.15) is 0 Å². The number of halogens is 1. The maximum Gasteiger partial charge on any atom is 0.246 e. The van der Waals surface area contributed by atoms with E-state index in [1.165, 1.54) is 17.4 Å². The zero-order chi connectivity index (χ0) is 18.1. The minimum Gasteiger partial charge on any atom is -0.381 e. The number of carbonyl (C=O) groups excluding carboxylic acids is 1. The molecule has 1 saturated heterocycles. The molecule has 1 aliphatic carbocycles. The van der Waals surface area contributed by atoms with Gasteiger partial charge in [0.25, 0.3) is 0 Å². The lowest BCUT2D eigenvalue weighted by Gasteiger charge is -2.31. The number of ether oxygens (including phenoxy) is 1. The normalized spacial score (nSPS) is 19.3. The molecule has 2 fully saturated rings. The second-order valence-electron chi connectivity index (χ2n) is 7.09. The van der Waals surface area contributed by atoms with Gasteiger partial charge in [0, 0.05) is 30.4 Å². The first kappa shape index (κ1) is 17.6. The van der Waals surface area contributed by atoms with Crippen LogP contribution in [-0.2, 0) is 16.0 Å². The molecular weight excluding hydrogens is 353 g/mol. The molecule has 0 radical (unpaired) electrons. The summed E-state index contributed by atoms with van der Waals surface area (Å²) in [5.74, 6) is -0.000666. The lowest BCUT2D eigenvalue weighted by Crippen LogP contribution is -2.54. The highest BCUT2D eigenvalue weighted by molar-refractivity contribution is 7.15. The first-order valence-electron chi connectivity index (χ1n) is 8.96. The van der Waals surface area contributed by atoms with Gasteiger partial charge in [0.2, 0.25) is 5.91 Å². The monoisotopic (exact) mass is 375 g/mol. The van der Waals surface area contributed by atoms with Gasteiger partial charge in [-0.1, -0.05) is 18.2 Å². The van der Waals surface area contributed by atoms with E-state index in [0.29, 0.717) is 49.1 Å². The number of aromatic nitrogens is 1. The van der Waals surface area contributed by atoms with Crippen molar-refractivity contribution in [3.63, 3.8) is 0 Å². The molecule has 2 aromatic rings. The molecular formula is C19H22FN3O2S. The molecule has 1 aliphatic heterocycles. The number of rotatable bonds is 5. The maximum atomic E-state index is 14.0. The highest BCUT2D eigenvalue weighted by atomic mass is 32.1. The molecule has 0 atom stereocenters. The molecule has 0 unspecified atom stereocenters. The number of anilines is 1. The summed E-state index contributed by atoms with van der Waals surface area (Å²) >= 11 is 1.43. The Morgan fingerprint density at radius 2 is 2.08 bits per heavy atom. The van der Waals surface area contributed by atoms with Gasteiger partial charge in [0.05, 0.1) is 5.69 Å². The number of benzene rings is 1. The smallest absolute Gasteiger partial charge is 0.246 e. The number of nitrogens with two attached hydrogens (primary N) is 1. The van der Waals surface area contributed by atoms with Crippen LogP contribution < -0.4 is 11.1 Å². The van der Waals surface area contributed by atoms with Crippen molar-refractivity contribution in [1.29, 1.82) is 0 Å². The molecule has 1 aromatic carbocycles. The molecule has 1 saturated carbocycles. The van der Waals surface area contributed by atoms with Crippen LogP contribution in [0.25, 0.3) is 0 Å². The second-order valence-corrected chi connectivity index (χ2v) is 8.18. The van der Waals surface area contributed by atoms with Gasteiger partial charge in [-0.25, -0.2) is 9.37 Å². The Labute approximate surface area is 155 Å². The number of nitrogens with zero attached hydrogens (tertiary/aromatic N) is 1. The van der Waals surface area contributed by atoms with Gasteiger partial charge in [-0.15, -0.1) is 11.3 Å². The molecule has 7 heteroatoms. The quantitative estimate of drug-likeness (QED) is 0.841. The van der Waals surface area contributed by atoms with Crippen molar-refractivity contribution < 1.29 is 13.9 Å². The Morgan fingerprint density at radius 3 is 2.77 bits per heavy atom. The van der Waals surface area contributed by atoms with Gasteiger partial charge in [0.15, 0.2) is 5.13 Å². The van der Waals surface area contributed by atoms with E-state index in [1.54, 1.807) is 12.1 Å². The van der Waals surface area contributed by atoms with Crippen LogP contribution in [0.15, 0.2) is 24.3 Å². The molecule has 2 aliphatic rings. The van der Waals surface area contributed by atoms with E-state index in [0.717, 1.165) is 23.4 Å². The van der Waals surface area contributed by atoms with Crippen molar-refractivity contribution in [2.75, 3.05) is 18.5 Å². The fourth-order valence-electron chi connectivity index (χ4n) is 3.22. The highest BCUT2D eigenvalue weighted by Crippen LogP contribution is 2.44. The summed E-state index contributed by atoms with van der Waals surface area (Å²) in [5, 5.41) is 3.45. The summed E-state index contributed by atoms with van der Waals surface area (Å²) in [7, 11) is 0. The predicted molar refractivity (Wildman–Crippen MR) is 98.9 cm³/mol. The highest BCUT2D eigenvalue weighted by Gasteiger charge is 2.37. The third-order valence-corrected chi connectivity index (χ3v) is 6.04. The van der Waals surface area contributed by atoms with Crippen molar-refractivity contribution in [2.45, 2.75) is 43.6 Å². The zero-order valence-corrected chi connectivity index (χ0v) is 15.3. The first-order chi connectivity index (χ1) is 12.5. The number of thiazole rings is 1. The second kappa shape index (κ2) is 7.06. The standard InChI is InChI=1S/C19H22FN3O2S/c20-14-4-2-1-3-13(14)11-15-16(12-5-6-12)22-18(26-15)23-17(24)19(21)7-9-25-10-8-19/h1-4,12H,5-11,21H2,(H,22,23,24). The summed E-state index contributed by atoms with van der Waals surface area (Å²) in [5.41, 5.74) is 6.98. The van der Waals surface area contributed by atoms with E-state index in [1.807, 2.05) is 6.07 Å².